The van der Waals surface area contributed by atoms with Crippen molar-refractivity contribution in [2.45, 2.75) is 24.8 Å². The molecule has 3 aromatic rings. The Hall–Kier alpha value is -2.02. The third-order valence-corrected chi connectivity index (χ3v) is 7.76. The van der Waals surface area contributed by atoms with Crippen LogP contribution in [0.4, 0.5) is 5.69 Å². The van der Waals surface area contributed by atoms with Crippen molar-refractivity contribution >= 4 is 43.2 Å². The lowest BCUT2D eigenvalue weighted by Gasteiger charge is -2.32. The van der Waals surface area contributed by atoms with Crippen LogP contribution in [0.15, 0.2) is 76.1 Å². The maximum absolute atomic E-state index is 13.8. The molecule has 7 heteroatoms. The highest BCUT2D eigenvalue weighted by atomic mass is 79.9. The lowest BCUT2D eigenvalue weighted by molar-refractivity contribution is 0.407. The lowest BCUT2D eigenvalue weighted by Crippen LogP contribution is -2.34. The Morgan fingerprint density at radius 3 is 2.31 bits per heavy atom. The summed E-state index contributed by atoms with van der Waals surface area (Å²) in [6.45, 7) is 3.56. The molecule has 0 amide bonds. The second kappa shape index (κ2) is 8.78. The van der Waals surface area contributed by atoms with Crippen LogP contribution in [0.2, 0.25) is 5.02 Å². The first kappa shape index (κ1) is 21.7. The van der Waals surface area contributed by atoms with E-state index in [-0.39, 0.29) is 4.90 Å². The van der Waals surface area contributed by atoms with E-state index in [1.54, 1.807) is 44.4 Å². The number of methoxy groups -OCH3 is 1. The fourth-order valence-electron chi connectivity index (χ4n) is 3.27. The van der Waals surface area contributed by atoms with E-state index >= 15 is 0 Å². The first-order chi connectivity index (χ1) is 13.8. The summed E-state index contributed by atoms with van der Waals surface area (Å²) in [5, 5.41) is 0.409. The summed E-state index contributed by atoms with van der Waals surface area (Å²) in [5.74, 6) is 0.625. The van der Waals surface area contributed by atoms with Gasteiger partial charge in [0.15, 0.2) is 0 Å². The first-order valence-electron chi connectivity index (χ1n) is 8.95. The molecule has 0 aliphatic heterocycles. The number of nitrogens with zero attached hydrogens (tertiary/aromatic N) is 1. The monoisotopic (exact) mass is 493 g/mol. The zero-order chi connectivity index (χ0) is 21.2. The molecule has 0 spiro atoms. The fourth-order valence-corrected chi connectivity index (χ4v) is 5.65. The van der Waals surface area contributed by atoms with E-state index in [1.165, 1.54) is 4.31 Å². The van der Waals surface area contributed by atoms with Crippen LogP contribution in [0.25, 0.3) is 0 Å². The zero-order valence-electron chi connectivity index (χ0n) is 16.3. The van der Waals surface area contributed by atoms with Crippen molar-refractivity contribution in [2.75, 3.05) is 11.4 Å². The zero-order valence-corrected chi connectivity index (χ0v) is 19.4. The smallest absolute Gasteiger partial charge is 0.265 e. The predicted molar refractivity (Wildman–Crippen MR) is 121 cm³/mol. The minimum absolute atomic E-state index is 0.176. The van der Waals surface area contributed by atoms with Gasteiger partial charge in [0.25, 0.3) is 10.0 Å². The van der Waals surface area contributed by atoms with Crippen LogP contribution in [-0.4, -0.2) is 15.5 Å². The summed E-state index contributed by atoms with van der Waals surface area (Å²) in [7, 11) is -2.34. The maximum Gasteiger partial charge on any atom is 0.265 e. The molecule has 0 N–H and O–H groups in total. The Kier molecular flexibility index (Phi) is 6.56. The van der Waals surface area contributed by atoms with Gasteiger partial charge in [-0.25, -0.2) is 8.42 Å². The van der Waals surface area contributed by atoms with Crippen LogP contribution in [0, 0.1) is 6.92 Å². The van der Waals surface area contributed by atoms with Crippen LogP contribution < -0.4 is 9.04 Å². The van der Waals surface area contributed by atoms with Gasteiger partial charge in [0, 0.05) is 15.1 Å². The Morgan fingerprint density at radius 2 is 1.66 bits per heavy atom. The van der Waals surface area contributed by atoms with Gasteiger partial charge in [-0.3, -0.25) is 4.31 Å². The molecule has 1 unspecified atom stereocenters. The molecule has 0 radical (unpaired) electrons. The summed E-state index contributed by atoms with van der Waals surface area (Å²) in [6, 6.07) is 19.0. The van der Waals surface area contributed by atoms with Crippen LogP contribution >= 0.6 is 27.5 Å². The van der Waals surface area contributed by atoms with Gasteiger partial charge in [0.2, 0.25) is 0 Å². The second-order valence-corrected chi connectivity index (χ2v) is 9.66. The molecule has 0 aliphatic rings. The van der Waals surface area contributed by atoms with Gasteiger partial charge in [-0.05, 0) is 61.9 Å². The van der Waals surface area contributed by atoms with Crippen LogP contribution in [-0.2, 0) is 10.0 Å². The van der Waals surface area contributed by atoms with Crippen molar-refractivity contribution in [1.29, 1.82) is 0 Å². The van der Waals surface area contributed by atoms with E-state index in [9.17, 15) is 8.42 Å². The molecular formula is C22H21BrClNO3S. The lowest BCUT2D eigenvalue weighted by atomic mass is 10.1. The van der Waals surface area contributed by atoms with E-state index in [0.717, 1.165) is 10.0 Å². The highest BCUT2D eigenvalue weighted by Gasteiger charge is 2.33. The largest absolute Gasteiger partial charge is 0.496 e. The summed E-state index contributed by atoms with van der Waals surface area (Å²) >= 11 is 9.64. The number of ether oxygens (including phenoxy) is 1. The fraction of sp³-hybridized carbons (Fsp3) is 0.182. The second-order valence-electron chi connectivity index (χ2n) is 6.56. The summed E-state index contributed by atoms with van der Waals surface area (Å²) < 4.78 is 35.4. The summed E-state index contributed by atoms with van der Waals surface area (Å²) in [4.78, 5) is 0.176. The van der Waals surface area contributed by atoms with Crippen molar-refractivity contribution in [3.63, 3.8) is 0 Å². The van der Waals surface area contributed by atoms with Gasteiger partial charge in [0.05, 0.1) is 23.7 Å². The molecule has 0 aromatic heterocycles. The molecule has 0 heterocycles. The topological polar surface area (TPSA) is 46.6 Å². The number of sulfonamides is 1. The van der Waals surface area contributed by atoms with E-state index in [2.05, 4.69) is 15.9 Å². The molecule has 0 fully saturated rings. The third-order valence-electron chi connectivity index (χ3n) is 4.78. The van der Waals surface area contributed by atoms with Gasteiger partial charge < -0.3 is 4.74 Å². The average molecular weight is 495 g/mol. The van der Waals surface area contributed by atoms with E-state index in [0.29, 0.717) is 22.0 Å². The molecular weight excluding hydrogens is 474 g/mol. The number of para-hydroxylation sites is 1. The molecule has 0 aliphatic carbocycles. The Labute approximate surface area is 185 Å². The molecule has 1 atom stereocenters. The molecule has 29 heavy (non-hydrogen) atoms. The number of anilines is 1. The molecule has 152 valence electrons. The van der Waals surface area contributed by atoms with E-state index < -0.39 is 16.1 Å². The van der Waals surface area contributed by atoms with Crippen molar-refractivity contribution < 1.29 is 13.2 Å². The Balaban J connectivity index is 2.23. The quantitative estimate of drug-likeness (QED) is 0.400. The number of benzene rings is 3. The average Bonchev–Trinajstić information content (AvgIpc) is 2.71. The minimum atomic E-state index is -3.91. The minimum Gasteiger partial charge on any atom is -0.496 e. The van der Waals surface area contributed by atoms with Gasteiger partial charge in [-0.2, -0.15) is 0 Å². The third kappa shape index (κ3) is 4.29. The summed E-state index contributed by atoms with van der Waals surface area (Å²) in [5.41, 5.74) is 1.83. The predicted octanol–water partition coefficient (Wildman–Crippen LogP) is 6.38. The normalized spacial score (nSPS) is 12.4. The van der Waals surface area contributed by atoms with Crippen molar-refractivity contribution in [3.8, 4) is 5.75 Å². The molecule has 3 rings (SSSR count). The van der Waals surface area contributed by atoms with Crippen molar-refractivity contribution in [2.24, 2.45) is 0 Å². The molecule has 0 saturated heterocycles. The number of hydrogen-bond donors (Lipinski definition) is 0. The van der Waals surface area contributed by atoms with Crippen LogP contribution in [0.1, 0.15) is 24.1 Å². The Bertz CT molecular complexity index is 1120. The van der Waals surface area contributed by atoms with Gasteiger partial charge in [0.1, 0.15) is 5.75 Å². The van der Waals surface area contributed by atoms with Crippen LogP contribution in [0.3, 0.4) is 0 Å². The number of hydrogen-bond acceptors (Lipinski definition) is 3. The van der Waals surface area contributed by atoms with E-state index in [1.807, 2.05) is 43.3 Å². The van der Waals surface area contributed by atoms with E-state index in [4.69, 9.17) is 16.3 Å². The maximum atomic E-state index is 13.8. The van der Waals surface area contributed by atoms with Crippen LogP contribution in [0.5, 0.6) is 5.75 Å². The highest BCUT2D eigenvalue weighted by Crippen LogP contribution is 2.38. The van der Waals surface area contributed by atoms with Gasteiger partial charge in [-0.15, -0.1) is 0 Å². The molecule has 0 saturated carbocycles. The number of rotatable bonds is 6. The standard InChI is InChI=1S/C22H21BrClNO3S/c1-15-20(24)8-6-10-22(15)29(26,27)25(18-13-11-17(23)12-14-18)16(2)19-7-4-5-9-21(19)28-3/h4-14,16H,1-3H3. The van der Waals surface area contributed by atoms with Crippen molar-refractivity contribution in [3.05, 3.63) is 87.4 Å². The SMILES string of the molecule is COc1ccccc1C(C)N(c1ccc(Br)cc1)S(=O)(=O)c1cccc(Cl)c1C. The summed E-state index contributed by atoms with van der Waals surface area (Å²) in [6.07, 6.45) is 0. The first-order valence-corrected chi connectivity index (χ1v) is 11.6. The number of halogens is 2. The highest BCUT2D eigenvalue weighted by molar-refractivity contribution is 9.10. The Morgan fingerprint density at radius 1 is 1.00 bits per heavy atom. The van der Waals surface area contributed by atoms with Crippen molar-refractivity contribution in [1.82, 2.24) is 0 Å². The molecule has 0 bridgehead atoms. The molecule has 3 aromatic carbocycles. The van der Waals surface area contributed by atoms with Gasteiger partial charge in [-0.1, -0.05) is 51.8 Å². The van der Waals surface area contributed by atoms with Gasteiger partial charge >= 0.3 is 0 Å². The molecule has 4 nitrogen and oxygen atoms in total.